The summed E-state index contributed by atoms with van der Waals surface area (Å²) in [6.07, 6.45) is 5.48. The van der Waals surface area contributed by atoms with Gasteiger partial charge in [0.25, 0.3) is 0 Å². The van der Waals surface area contributed by atoms with E-state index in [0.29, 0.717) is 29.9 Å². The van der Waals surface area contributed by atoms with Crippen molar-refractivity contribution in [2.45, 2.75) is 37.4 Å². The predicted molar refractivity (Wildman–Crippen MR) is 144 cm³/mol. The summed E-state index contributed by atoms with van der Waals surface area (Å²) in [5.74, 6) is 1.93. The second-order valence-electron chi connectivity index (χ2n) is 10.3. The van der Waals surface area contributed by atoms with Gasteiger partial charge in [0.15, 0.2) is 17.3 Å². The minimum atomic E-state index is -2.02. The molecule has 1 N–H and O–H groups in total. The molecule has 2 aliphatic carbocycles. The molecule has 3 aliphatic heterocycles. The Morgan fingerprint density at radius 1 is 0.795 bits per heavy atom. The highest BCUT2D eigenvalue weighted by Crippen LogP contribution is 2.51. The zero-order chi connectivity index (χ0) is 26.9. The van der Waals surface area contributed by atoms with E-state index in [4.69, 9.17) is 23.7 Å². The summed E-state index contributed by atoms with van der Waals surface area (Å²) in [5.41, 5.74) is 5.62. The van der Waals surface area contributed by atoms with E-state index in [2.05, 4.69) is 18.2 Å². The van der Waals surface area contributed by atoms with Gasteiger partial charge in [0, 0.05) is 17.2 Å². The lowest BCUT2D eigenvalue weighted by molar-refractivity contribution is -0.167. The summed E-state index contributed by atoms with van der Waals surface area (Å²) >= 11 is 0. The molecule has 2 atom stereocenters. The van der Waals surface area contributed by atoms with Crippen molar-refractivity contribution in [3.8, 4) is 45.3 Å². The molecule has 0 saturated heterocycles. The number of hydrogen-bond donors (Lipinski definition) is 1. The number of carbonyl (C=O) groups excluding carboxylic acids is 1. The Bertz CT molecular complexity index is 1620. The van der Waals surface area contributed by atoms with Gasteiger partial charge in [-0.1, -0.05) is 12.1 Å². The maximum atomic E-state index is 13.2. The second-order valence-corrected chi connectivity index (χ2v) is 10.3. The van der Waals surface area contributed by atoms with Crippen LogP contribution in [0.4, 0.5) is 0 Å². The standard InChI is InChI=1S/C32H28O7/c1-35-21-9-10-23-18(12-21)6-8-20-14-22-15-28(32(20,34)31(33)38-22)39-30-26(36-2)11-7-17-4-5-19-13-27(37-3)25(23)16-24(19)29(17)30/h7,9-16,22,34H,4-6,8H2,1-3H3. The average Bonchev–Trinajstić information content (AvgIpc) is 2.96. The molecular formula is C32H28O7. The first-order valence-corrected chi connectivity index (χ1v) is 13.1. The first-order valence-electron chi connectivity index (χ1n) is 13.1. The summed E-state index contributed by atoms with van der Waals surface area (Å²) in [6.45, 7) is 0. The molecule has 3 aromatic carbocycles. The molecule has 0 fully saturated rings. The largest absolute Gasteiger partial charge is 0.497 e. The molecule has 0 radical (unpaired) electrons. The number of ether oxygens (including phenoxy) is 5. The van der Waals surface area contributed by atoms with Crippen LogP contribution in [-0.4, -0.2) is 44.1 Å². The van der Waals surface area contributed by atoms with Crippen molar-refractivity contribution in [2.24, 2.45) is 0 Å². The number of aliphatic hydroxyl groups is 1. The monoisotopic (exact) mass is 524 g/mol. The summed E-state index contributed by atoms with van der Waals surface area (Å²) in [4.78, 5) is 13.2. The van der Waals surface area contributed by atoms with Gasteiger partial charge in [-0.3, -0.25) is 0 Å². The molecule has 0 spiro atoms. The molecule has 0 amide bonds. The molecule has 7 nitrogen and oxygen atoms in total. The van der Waals surface area contributed by atoms with Gasteiger partial charge in [0.05, 0.1) is 21.3 Å². The van der Waals surface area contributed by atoms with E-state index >= 15 is 0 Å². The van der Waals surface area contributed by atoms with Crippen molar-refractivity contribution >= 4 is 5.97 Å². The third-order valence-electron chi connectivity index (χ3n) is 8.31. The Kier molecular flexibility index (Phi) is 5.29. The molecule has 0 saturated carbocycles. The van der Waals surface area contributed by atoms with Crippen molar-refractivity contribution in [3.05, 3.63) is 82.6 Å². The summed E-state index contributed by atoms with van der Waals surface area (Å²) < 4.78 is 29.2. The number of hydrogen-bond acceptors (Lipinski definition) is 7. The summed E-state index contributed by atoms with van der Waals surface area (Å²) in [6, 6.07) is 14.2. The molecule has 7 heteroatoms. The maximum absolute atomic E-state index is 13.2. The van der Waals surface area contributed by atoms with Gasteiger partial charge in [0.2, 0.25) is 5.60 Å². The Labute approximate surface area is 226 Å². The third kappa shape index (κ3) is 3.42. The lowest BCUT2D eigenvalue weighted by Crippen LogP contribution is -2.53. The Morgan fingerprint density at radius 2 is 1.56 bits per heavy atom. The van der Waals surface area contributed by atoms with Crippen LogP contribution in [-0.2, 0) is 28.8 Å². The summed E-state index contributed by atoms with van der Waals surface area (Å²) in [7, 11) is 4.92. The third-order valence-corrected chi connectivity index (χ3v) is 8.31. The lowest BCUT2D eigenvalue weighted by atomic mass is 9.80. The zero-order valence-corrected chi connectivity index (χ0v) is 22.0. The molecule has 8 rings (SSSR count). The van der Waals surface area contributed by atoms with Crippen LogP contribution in [0.2, 0.25) is 0 Å². The van der Waals surface area contributed by atoms with E-state index in [1.807, 2.05) is 30.3 Å². The predicted octanol–water partition coefficient (Wildman–Crippen LogP) is 4.95. The van der Waals surface area contributed by atoms with Gasteiger partial charge in [0.1, 0.15) is 17.6 Å². The van der Waals surface area contributed by atoms with Gasteiger partial charge in [-0.15, -0.1) is 0 Å². The fraction of sp³-hybridized carbons (Fsp3) is 0.281. The van der Waals surface area contributed by atoms with Crippen LogP contribution in [0, 0.1) is 0 Å². The van der Waals surface area contributed by atoms with E-state index in [-0.39, 0.29) is 5.76 Å². The van der Waals surface area contributed by atoms with E-state index in [0.717, 1.165) is 63.3 Å². The zero-order valence-electron chi connectivity index (χ0n) is 22.0. The number of methoxy groups -OCH3 is 3. The molecular weight excluding hydrogens is 496 g/mol. The Morgan fingerprint density at radius 3 is 2.36 bits per heavy atom. The van der Waals surface area contributed by atoms with Crippen LogP contribution in [0.3, 0.4) is 0 Å². The second kappa shape index (κ2) is 8.64. The van der Waals surface area contributed by atoms with E-state index in [1.165, 1.54) is 0 Å². The molecule has 0 aromatic heterocycles. The van der Waals surface area contributed by atoms with Crippen LogP contribution in [0.5, 0.6) is 23.0 Å². The van der Waals surface area contributed by atoms with E-state index in [1.54, 1.807) is 27.4 Å². The number of fused-ring (bicyclic) bond motifs is 4. The van der Waals surface area contributed by atoms with E-state index < -0.39 is 17.7 Å². The van der Waals surface area contributed by atoms with Crippen molar-refractivity contribution in [1.82, 2.24) is 0 Å². The lowest BCUT2D eigenvalue weighted by Gasteiger charge is -2.40. The molecule has 39 heavy (non-hydrogen) atoms. The van der Waals surface area contributed by atoms with Crippen LogP contribution in [0.1, 0.15) is 23.1 Å². The quantitative estimate of drug-likeness (QED) is 0.383. The van der Waals surface area contributed by atoms with Crippen molar-refractivity contribution in [1.29, 1.82) is 0 Å². The van der Waals surface area contributed by atoms with Crippen molar-refractivity contribution < 1.29 is 33.6 Å². The smallest absolute Gasteiger partial charge is 0.351 e. The Balaban J connectivity index is 1.56. The van der Waals surface area contributed by atoms with Crippen LogP contribution < -0.4 is 18.9 Å². The maximum Gasteiger partial charge on any atom is 0.351 e. The van der Waals surface area contributed by atoms with Gasteiger partial charge in [-0.05, 0) is 95.5 Å². The number of esters is 1. The highest BCUT2D eigenvalue weighted by Gasteiger charge is 2.54. The minimum Gasteiger partial charge on any atom is -0.497 e. The molecule has 198 valence electrons. The number of aryl methyl sites for hydroxylation is 3. The van der Waals surface area contributed by atoms with Crippen LogP contribution in [0.15, 0.2) is 65.9 Å². The minimum absolute atomic E-state index is 0.152. The van der Waals surface area contributed by atoms with Crippen molar-refractivity contribution in [3.63, 3.8) is 0 Å². The van der Waals surface area contributed by atoms with Crippen LogP contribution >= 0.6 is 0 Å². The van der Waals surface area contributed by atoms with Gasteiger partial charge in [-0.2, -0.15) is 0 Å². The van der Waals surface area contributed by atoms with E-state index in [9.17, 15) is 9.90 Å². The molecule has 3 aromatic rings. The summed E-state index contributed by atoms with van der Waals surface area (Å²) in [5, 5.41) is 11.9. The topological polar surface area (TPSA) is 83.5 Å². The molecule has 3 heterocycles. The van der Waals surface area contributed by atoms with Crippen molar-refractivity contribution in [2.75, 3.05) is 21.3 Å². The first-order chi connectivity index (χ1) is 18.9. The highest BCUT2D eigenvalue weighted by molar-refractivity contribution is 5.92. The fourth-order valence-corrected chi connectivity index (χ4v) is 6.30. The average molecular weight is 525 g/mol. The molecule has 6 bridgehead atoms. The first kappa shape index (κ1) is 23.9. The van der Waals surface area contributed by atoms with Gasteiger partial charge < -0.3 is 28.8 Å². The molecule has 2 unspecified atom stereocenters. The normalized spacial score (nSPS) is 22.1. The van der Waals surface area contributed by atoms with Gasteiger partial charge >= 0.3 is 5.97 Å². The number of rotatable bonds is 3. The fourth-order valence-electron chi connectivity index (χ4n) is 6.30. The highest BCUT2D eigenvalue weighted by atomic mass is 16.6. The Hall–Kier alpha value is -4.23. The number of benzene rings is 3. The molecule has 5 aliphatic rings. The number of carbonyl (C=O) groups is 1. The van der Waals surface area contributed by atoms with Crippen LogP contribution in [0.25, 0.3) is 22.3 Å². The SMILES string of the molecule is COc1ccc2c(c1)CCC1=CC3C=C(Oc4c(OC)ccc5c4-c4cc-2c(OC)cc4CC5)C1(O)C(=O)O3. The van der Waals surface area contributed by atoms with Gasteiger partial charge in [-0.25, -0.2) is 4.79 Å².